The Morgan fingerprint density at radius 3 is 2.50 bits per heavy atom. The summed E-state index contributed by atoms with van der Waals surface area (Å²) < 4.78 is 0. The highest BCUT2D eigenvalue weighted by molar-refractivity contribution is 5.12. The fourth-order valence-electron chi connectivity index (χ4n) is 1.64. The molecule has 0 amide bonds. The van der Waals surface area contributed by atoms with Crippen molar-refractivity contribution < 1.29 is 0 Å². The average Bonchev–Trinajstić information content (AvgIpc) is 2.14. The number of aromatic nitrogens is 1. The summed E-state index contributed by atoms with van der Waals surface area (Å²) in [7, 11) is 1.99. The number of rotatable bonds is 3. The van der Waals surface area contributed by atoms with Crippen molar-refractivity contribution in [2.24, 2.45) is 5.41 Å². The molecule has 0 saturated carbocycles. The molecule has 0 saturated heterocycles. The molecule has 1 rings (SSSR count). The van der Waals surface area contributed by atoms with Gasteiger partial charge in [0, 0.05) is 24.4 Å². The van der Waals surface area contributed by atoms with Gasteiger partial charge in [-0.25, -0.2) is 0 Å². The summed E-state index contributed by atoms with van der Waals surface area (Å²) in [5.74, 6) is 0.466. The molecular weight excluding hydrogens is 172 g/mol. The van der Waals surface area contributed by atoms with Crippen molar-refractivity contribution in [2.45, 2.75) is 26.7 Å². The monoisotopic (exact) mass is 192 g/mol. The molecule has 2 nitrogen and oxygen atoms in total. The molecule has 14 heavy (non-hydrogen) atoms. The highest BCUT2D eigenvalue weighted by Crippen LogP contribution is 2.32. The first-order chi connectivity index (χ1) is 6.55. The largest absolute Gasteiger partial charge is 0.319 e. The number of hydrogen-bond acceptors (Lipinski definition) is 2. The van der Waals surface area contributed by atoms with Crippen LogP contribution in [0.2, 0.25) is 0 Å². The molecule has 78 valence electrons. The van der Waals surface area contributed by atoms with Gasteiger partial charge in [-0.05, 0) is 24.6 Å². The van der Waals surface area contributed by atoms with E-state index in [1.807, 2.05) is 19.3 Å². The lowest BCUT2D eigenvalue weighted by Crippen LogP contribution is -2.28. The number of pyridine rings is 1. The summed E-state index contributed by atoms with van der Waals surface area (Å²) in [4.78, 5) is 4.42. The van der Waals surface area contributed by atoms with Crippen LogP contribution in [0.15, 0.2) is 24.4 Å². The zero-order valence-electron chi connectivity index (χ0n) is 9.54. The molecule has 0 aliphatic rings. The van der Waals surface area contributed by atoms with Crippen LogP contribution in [0.5, 0.6) is 0 Å². The molecule has 0 aliphatic carbocycles. The summed E-state index contributed by atoms with van der Waals surface area (Å²) in [5.41, 5.74) is 1.42. The Kier molecular flexibility index (Phi) is 3.64. The van der Waals surface area contributed by atoms with E-state index in [0.29, 0.717) is 5.92 Å². The minimum atomic E-state index is 0.247. The molecule has 0 bridgehead atoms. The van der Waals surface area contributed by atoms with Gasteiger partial charge in [0.05, 0.1) is 0 Å². The topological polar surface area (TPSA) is 24.9 Å². The zero-order valence-corrected chi connectivity index (χ0v) is 9.54. The lowest BCUT2D eigenvalue weighted by atomic mass is 9.78. The van der Waals surface area contributed by atoms with Crippen molar-refractivity contribution in [2.75, 3.05) is 13.6 Å². The minimum absolute atomic E-state index is 0.247. The van der Waals surface area contributed by atoms with E-state index in [4.69, 9.17) is 0 Å². The number of likely N-dealkylation sites (N-methyl/N-ethyl adjacent to an activating group) is 1. The zero-order chi connectivity index (χ0) is 10.6. The fourth-order valence-corrected chi connectivity index (χ4v) is 1.64. The standard InChI is InChI=1S/C12H20N2/c1-12(2,3)10(9-13-4)11-7-5-6-8-14-11/h5-8,10,13H,9H2,1-4H3. The van der Waals surface area contributed by atoms with Gasteiger partial charge in [-0.3, -0.25) is 4.98 Å². The van der Waals surface area contributed by atoms with Gasteiger partial charge in [0.25, 0.3) is 0 Å². The Hall–Kier alpha value is -0.890. The van der Waals surface area contributed by atoms with Crippen molar-refractivity contribution in [3.8, 4) is 0 Å². The SMILES string of the molecule is CNCC(c1ccccn1)C(C)(C)C. The summed E-state index contributed by atoms with van der Waals surface area (Å²) >= 11 is 0. The lowest BCUT2D eigenvalue weighted by molar-refractivity contribution is 0.308. The second-order valence-electron chi connectivity index (χ2n) is 4.73. The Morgan fingerprint density at radius 1 is 1.36 bits per heavy atom. The van der Waals surface area contributed by atoms with Crippen LogP contribution in [0.3, 0.4) is 0 Å². The third-order valence-corrected chi connectivity index (χ3v) is 2.50. The normalized spacial score (nSPS) is 14.0. The van der Waals surface area contributed by atoms with Crippen molar-refractivity contribution in [3.63, 3.8) is 0 Å². The molecular formula is C12H20N2. The Labute approximate surface area is 86.8 Å². The maximum atomic E-state index is 4.42. The Balaban J connectivity index is 2.89. The van der Waals surface area contributed by atoms with Crippen LogP contribution in [0, 0.1) is 5.41 Å². The van der Waals surface area contributed by atoms with Gasteiger partial charge in [-0.15, -0.1) is 0 Å². The van der Waals surface area contributed by atoms with Crippen LogP contribution in [-0.4, -0.2) is 18.6 Å². The van der Waals surface area contributed by atoms with E-state index in [0.717, 1.165) is 6.54 Å². The first kappa shape index (κ1) is 11.2. The van der Waals surface area contributed by atoms with E-state index in [9.17, 15) is 0 Å². The first-order valence-electron chi connectivity index (χ1n) is 5.11. The van der Waals surface area contributed by atoms with Gasteiger partial charge in [0.2, 0.25) is 0 Å². The van der Waals surface area contributed by atoms with Gasteiger partial charge in [-0.2, -0.15) is 0 Å². The molecule has 0 aromatic carbocycles. The highest BCUT2D eigenvalue weighted by atomic mass is 14.8. The smallest absolute Gasteiger partial charge is 0.0452 e. The van der Waals surface area contributed by atoms with Gasteiger partial charge < -0.3 is 5.32 Å². The van der Waals surface area contributed by atoms with Crippen LogP contribution in [-0.2, 0) is 0 Å². The van der Waals surface area contributed by atoms with E-state index in [1.54, 1.807) is 0 Å². The van der Waals surface area contributed by atoms with Crippen molar-refractivity contribution in [1.82, 2.24) is 10.3 Å². The Morgan fingerprint density at radius 2 is 2.07 bits per heavy atom. The third kappa shape index (κ3) is 2.81. The molecule has 0 aliphatic heterocycles. The maximum Gasteiger partial charge on any atom is 0.0452 e. The Bertz CT molecular complexity index is 261. The van der Waals surface area contributed by atoms with Crippen LogP contribution >= 0.6 is 0 Å². The summed E-state index contributed by atoms with van der Waals surface area (Å²) in [5, 5.41) is 3.23. The third-order valence-electron chi connectivity index (χ3n) is 2.50. The number of nitrogens with one attached hydrogen (secondary N) is 1. The predicted octanol–water partition coefficient (Wildman–Crippen LogP) is 2.43. The summed E-state index contributed by atoms with van der Waals surface area (Å²) in [6.07, 6.45) is 1.86. The molecule has 1 unspecified atom stereocenters. The molecule has 1 N–H and O–H groups in total. The van der Waals surface area contributed by atoms with Gasteiger partial charge in [-0.1, -0.05) is 26.8 Å². The molecule has 1 heterocycles. The predicted molar refractivity (Wildman–Crippen MR) is 60.4 cm³/mol. The molecule has 0 fully saturated rings. The maximum absolute atomic E-state index is 4.42. The van der Waals surface area contributed by atoms with Gasteiger partial charge in [0.15, 0.2) is 0 Å². The molecule has 1 aromatic heterocycles. The van der Waals surface area contributed by atoms with Crippen molar-refractivity contribution in [1.29, 1.82) is 0 Å². The quantitative estimate of drug-likeness (QED) is 0.795. The van der Waals surface area contributed by atoms with Crippen LogP contribution in [0.4, 0.5) is 0 Å². The van der Waals surface area contributed by atoms with Crippen molar-refractivity contribution >= 4 is 0 Å². The molecule has 2 heteroatoms. The highest BCUT2D eigenvalue weighted by Gasteiger charge is 2.26. The summed E-state index contributed by atoms with van der Waals surface area (Å²) in [6.45, 7) is 7.73. The van der Waals surface area contributed by atoms with Gasteiger partial charge >= 0.3 is 0 Å². The number of hydrogen-bond donors (Lipinski definition) is 1. The van der Waals surface area contributed by atoms with Crippen LogP contribution in [0.1, 0.15) is 32.4 Å². The average molecular weight is 192 g/mol. The molecule has 0 spiro atoms. The molecule has 1 atom stereocenters. The van der Waals surface area contributed by atoms with E-state index in [1.165, 1.54) is 5.69 Å². The minimum Gasteiger partial charge on any atom is -0.319 e. The summed E-state index contributed by atoms with van der Waals surface area (Å²) in [6, 6.07) is 6.12. The second kappa shape index (κ2) is 4.56. The van der Waals surface area contributed by atoms with E-state index >= 15 is 0 Å². The van der Waals surface area contributed by atoms with E-state index in [2.05, 4.69) is 43.2 Å². The number of nitrogens with zero attached hydrogens (tertiary/aromatic N) is 1. The second-order valence-corrected chi connectivity index (χ2v) is 4.73. The van der Waals surface area contributed by atoms with E-state index in [-0.39, 0.29) is 5.41 Å². The van der Waals surface area contributed by atoms with Gasteiger partial charge in [0.1, 0.15) is 0 Å². The van der Waals surface area contributed by atoms with Crippen molar-refractivity contribution in [3.05, 3.63) is 30.1 Å². The molecule has 1 aromatic rings. The lowest BCUT2D eigenvalue weighted by Gasteiger charge is -2.30. The van der Waals surface area contributed by atoms with Crippen LogP contribution < -0.4 is 5.32 Å². The first-order valence-corrected chi connectivity index (χ1v) is 5.11. The van der Waals surface area contributed by atoms with Crippen LogP contribution in [0.25, 0.3) is 0 Å². The molecule has 0 radical (unpaired) electrons. The fraction of sp³-hybridized carbons (Fsp3) is 0.583. The van der Waals surface area contributed by atoms with E-state index < -0.39 is 0 Å².